The maximum absolute atomic E-state index is 14.7. The van der Waals surface area contributed by atoms with Gasteiger partial charge in [0.2, 0.25) is 0 Å². The predicted octanol–water partition coefficient (Wildman–Crippen LogP) is 5.42. The summed E-state index contributed by atoms with van der Waals surface area (Å²) in [4.78, 5) is 30.0. The third-order valence-electron chi connectivity index (χ3n) is 7.48. The number of halogens is 2. The lowest BCUT2D eigenvalue weighted by atomic mass is 9.91. The highest BCUT2D eigenvalue weighted by Crippen LogP contribution is 2.28. The van der Waals surface area contributed by atoms with E-state index in [0.29, 0.717) is 56.0 Å². The number of amides is 2. The van der Waals surface area contributed by atoms with E-state index < -0.39 is 11.6 Å². The van der Waals surface area contributed by atoms with Gasteiger partial charge in [-0.3, -0.25) is 0 Å². The molecule has 1 aliphatic carbocycles. The average Bonchev–Trinajstić information content (AvgIpc) is 3.42. The van der Waals surface area contributed by atoms with Gasteiger partial charge in [-0.05, 0) is 49.8 Å². The van der Waals surface area contributed by atoms with Gasteiger partial charge in [-0.25, -0.2) is 28.5 Å². The molecule has 43 heavy (non-hydrogen) atoms. The van der Waals surface area contributed by atoms with E-state index in [1.807, 2.05) is 25.1 Å². The van der Waals surface area contributed by atoms with Gasteiger partial charge in [0.25, 0.3) is 0 Å². The Morgan fingerprint density at radius 3 is 2.70 bits per heavy atom. The minimum Gasteiger partial charge on any atom is -0.377 e. The lowest BCUT2D eigenvalue weighted by molar-refractivity contribution is 0.103. The van der Waals surface area contributed by atoms with Gasteiger partial charge in [-0.2, -0.15) is 0 Å². The molecule has 1 aliphatic rings. The smallest absolute Gasteiger partial charge is 0.317 e. The van der Waals surface area contributed by atoms with Crippen molar-refractivity contribution in [3.8, 4) is 11.4 Å². The van der Waals surface area contributed by atoms with E-state index in [9.17, 15) is 13.6 Å². The number of rotatable bonds is 12. The van der Waals surface area contributed by atoms with Gasteiger partial charge in [0.05, 0.1) is 32.2 Å². The van der Waals surface area contributed by atoms with Crippen molar-refractivity contribution in [3.05, 3.63) is 71.7 Å². The van der Waals surface area contributed by atoms with Crippen LogP contribution in [-0.2, 0) is 22.7 Å². The molecule has 2 atom stereocenters. The fourth-order valence-corrected chi connectivity index (χ4v) is 5.21. The molecule has 0 saturated heterocycles. The first kappa shape index (κ1) is 30.3. The van der Waals surface area contributed by atoms with Gasteiger partial charge in [-0.1, -0.05) is 24.3 Å². The number of nitrogens with one attached hydrogen (secondary N) is 3. The number of H-pyrrole nitrogens is 1. The van der Waals surface area contributed by atoms with Gasteiger partial charge in [0.15, 0.2) is 17.5 Å². The van der Waals surface area contributed by atoms with Crippen molar-refractivity contribution in [2.45, 2.75) is 57.9 Å². The van der Waals surface area contributed by atoms with Crippen molar-refractivity contribution in [3.63, 3.8) is 0 Å². The minimum absolute atomic E-state index is 0.0674. The van der Waals surface area contributed by atoms with Crippen LogP contribution in [0.15, 0.2) is 48.9 Å². The number of aromatic amines is 1. The Balaban J connectivity index is 1.10. The highest BCUT2D eigenvalue weighted by molar-refractivity contribution is 5.91. The number of benzene rings is 1. The van der Waals surface area contributed by atoms with E-state index in [2.05, 4.69) is 36.6 Å². The van der Waals surface area contributed by atoms with Gasteiger partial charge >= 0.3 is 6.03 Å². The molecule has 4 aromatic rings. The van der Waals surface area contributed by atoms with E-state index in [-0.39, 0.29) is 29.8 Å². The molecule has 3 heterocycles. The summed E-state index contributed by atoms with van der Waals surface area (Å²) in [5, 5.41) is 6.81. The molecule has 3 aromatic heterocycles. The molecule has 228 valence electrons. The monoisotopic (exact) mass is 593 g/mol. The number of pyridine rings is 1. The third-order valence-corrected chi connectivity index (χ3v) is 7.48. The second-order valence-electron chi connectivity index (χ2n) is 10.7. The molecule has 0 radical (unpaired) electrons. The van der Waals surface area contributed by atoms with E-state index >= 15 is 0 Å². The zero-order valence-electron chi connectivity index (χ0n) is 24.4. The standard InChI is InChI=1S/C31H37F2N7O3/c1-3-42-18-20-6-4-7-21(12-20)19-43-11-10-40(2)31(41)38-24-9-5-8-23(14-24)37-30-27(33)17-36-29(39-30)26-16-35-28-25(26)13-22(32)15-34-28/h4,6-7,12-13,15-17,23-24H,3,5,8-11,14,18-19H2,1-2H3,(H,34,35)(H,38,41)(H,36,37,39)/t23-,24+/m0/s1. The predicted molar refractivity (Wildman–Crippen MR) is 159 cm³/mol. The Hall–Kier alpha value is -4.16. The van der Waals surface area contributed by atoms with Gasteiger partial charge in [0.1, 0.15) is 11.5 Å². The van der Waals surface area contributed by atoms with Crippen molar-refractivity contribution >= 4 is 22.9 Å². The second kappa shape index (κ2) is 14.3. The Morgan fingerprint density at radius 2 is 1.88 bits per heavy atom. The molecule has 10 nitrogen and oxygen atoms in total. The van der Waals surface area contributed by atoms with Crippen molar-refractivity contribution in [2.24, 2.45) is 0 Å². The Labute approximate surface area is 249 Å². The SMILES string of the molecule is CCOCc1cccc(COCCN(C)C(=O)N[C@@H]2CCC[C@H](Nc3nc(-c4c[nH]c5ncc(F)cc45)ncc3F)C2)c1. The van der Waals surface area contributed by atoms with E-state index in [4.69, 9.17) is 9.47 Å². The molecule has 3 N–H and O–H groups in total. The molecule has 0 spiro atoms. The van der Waals surface area contributed by atoms with Crippen molar-refractivity contribution < 1.29 is 23.0 Å². The van der Waals surface area contributed by atoms with Crippen LogP contribution in [0, 0.1) is 11.6 Å². The Bertz CT molecular complexity index is 1530. The molecule has 0 unspecified atom stereocenters. The first-order valence-electron chi connectivity index (χ1n) is 14.6. The summed E-state index contributed by atoms with van der Waals surface area (Å²) in [6, 6.07) is 9.09. The van der Waals surface area contributed by atoms with Gasteiger partial charge in [-0.15, -0.1) is 0 Å². The molecule has 12 heteroatoms. The number of hydrogen-bond acceptors (Lipinski definition) is 7. The normalized spacial score (nSPS) is 16.7. The second-order valence-corrected chi connectivity index (χ2v) is 10.7. The molecular weight excluding hydrogens is 556 g/mol. The molecule has 1 aromatic carbocycles. The number of fused-ring (bicyclic) bond motifs is 1. The number of hydrogen-bond donors (Lipinski definition) is 3. The quantitative estimate of drug-likeness (QED) is 0.188. The molecule has 1 saturated carbocycles. The number of ether oxygens (including phenoxy) is 2. The summed E-state index contributed by atoms with van der Waals surface area (Å²) in [6.45, 7) is 4.52. The Kier molecular flexibility index (Phi) is 10.1. The van der Waals surface area contributed by atoms with Crippen LogP contribution in [-0.4, -0.2) is 69.8 Å². The number of carbonyl (C=O) groups excluding carboxylic acids is 1. The topological polar surface area (TPSA) is 117 Å². The largest absolute Gasteiger partial charge is 0.377 e. The molecule has 0 bridgehead atoms. The van der Waals surface area contributed by atoms with Gasteiger partial charge in [0, 0.05) is 49.4 Å². The number of aromatic nitrogens is 4. The fourth-order valence-electron chi connectivity index (χ4n) is 5.21. The van der Waals surface area contributed by atoms with Crippen LogP contribution in [0.1, 0.15) is 43.7 Å². The average molecular weight is 594 g/mol. The summed E-state index contributed by atoms with van der Waals surface area (Å²) in [5.41, 5.74) is 3.18. The summed E-state index contributed by atoms with van der Waals surface area (Å²) in [7, 11) is 1.74. The van der Waals surface area contributed by atoms with E-state index in [0.717, 1.165) is 42.8 Å². The number of likely N-dealkylation sites (N-methyl/N-ethyl adjacent to an activating group) is 1. The van der Waals surface area contributed by atoms with Crippen LogP contribution in [0.5, 0.6) is 0 Å². The number of urea groups is 1. The molecular formula is C31H37F2N7O3. The van der Waals surface area contributed by atoms with Crippen LogP contribution in [0.25, 0.3) is 22.4 Å². The number of carbonyl (C=O) groups is 1. The molecule has 2 amide bonds. The maximum Gasteiger partial charge on any atom is 0.317 e. The van der Waals surface area contributed by atoms with Crippen LogP contribution in [0.3, 0.4) is 0 Å². The summed E-state index contributed by atoms with van der Waals surface area (Å²) in [5.74, 6) is -0.745. The number of nitrogens with zero attached hydrogens (tertiary/aromatic N) is 4. The van der Waals surface area contributed by atoms with Crippen LogP contribution >= 0.6 is 0 Å². The molecule has 1 fully saturated rings. The van der Waals surface area contributed by atoms with Gasteiger partial charge < -0.3 is 30.0 Å². The number of anilines is 1. The fraction of sp³-hybridized carbons (Fsp3) is 0.419. The summed E-state index contributed by atoms with van der Waals surface area (Å²) in [6.07, 6.45) is 6.98. The zero-order chi connectivity index (χ0) is 30.2. The zero-order valence-corrected chi connectivity index (χ0v) is 24.4. The van der Waals surface area contributed by atoms with Crippen molar-refractivity contribution in [1.29, 1.82) is 0 Å². The highest BCUT2D eigenvalue weighted by atomic mass is 19.1. The Morgan fingerprint density at radius 1 is 1.09 bits per heavy atom. The summed E-state index contributed by atoms with van der Waals surface area (Å²) < 4.78 is 39.8. The lowest BCUT2D eigenvalue weighted by Crippen LogP contribution is -2.47. The van der Waals surface area contributed by atoms with Crippen LogP contribution < -0.4 is 10.6 Å². The van der Waals surface area contributed by atoms with Crippen LogP contribution in [0.2, 0.25) is 0 Å². The maximum atomic E-state index is 14.7. The van der Waals surface area contributed by atoms with Crippen molar-refractivity contribution in [2.75, 3.05) is 32.1 Å². The molecule has 5 rings (SSSR count). The van der Waals surface area contributed by atoms with E-state index in [1.54, 1.807) is 18.1 Å². The van der Waals surface area contributed by atoms with Crippen molar-refractivity contribution in [1.82, 2.24) is 30.2 Å². The third kappa shape index (κ3) is 8.02. The minimum atomic E-state index is -0.584. The lowest BCUT2D eigenvalue weighted by Gasteiger charge is -2.32. The first-order valence-corrected chi connectivity index (χ1v) is 14.6. The highest BCUT2D eigenvalue weighted by Gasteiger charge is 2.26. The molecule has 0 aliphatic heterocycles. The van der Waals surface area contributed by atoms with Crippen LogP contribution in [0.4, 0.5) is 19.4 Å². The first-order chi connectivity index (χ1) is 20.9. The summed E-state index contributed by atoms with van der Waals surface area (Å²) >= 11 is 0. The van der Waals surface area contributed by atoms with E-state index in [1.165, 1.54) is 6.07 Å².